The average Bonchev–Trinajstić information content (AvgIpc) is 2.95. The monoisotopic (exact) mass is 557 g/mol. The van der Waals surface area contributed by atoms with Crippen molar-refractivity contribution >= 4 is 23.3 Å². The quantitative estimate of drug-likeness (QED) is 0.257. The van der Waals surface area contributed by atoms with Gasteiger partial charge in [-0.2, -0.15) is 0 Å². The Bertz CT molecular complexity index is 1350. The van der Waals surface area contributed by atoms with Gasteiger partial charge in [0.2, 0.25) is 5.91 Å². The van der Waals surface area contributed by atoms with E-state index in [2.05, 4.69) is 34.9 Å². The van der Waals surface area contributed by atoms with Crippen molar-refractivity contribution in [2.24, 2.45) is 5.73 Å². The third kappa shape index (κ3) is 7.07. The average molecular weight is 558 g/mol. The van der Waals surface area contributed by atoms with Gasteiger partial charge >= 0.3 is 0 Å². The van der Waals surface area contributed by atoms with Gasteiger partial charge in [0.15, 0.2) is 5.78 Å². The van der Waals surface area contributed by atoms with Crippen molar-refractivity contribution in [2.45, 2.75) is 32.1 Å². The topological polar surface area (TPSA) is 93.4 Å². The molecule has 208 valence electrons. The van der Waals surface area contributed by atoms with Crippen molar-refractivity contribution < 1.29 is 14.3 Å². The van der Waals surface area contributed by atoms with Crippen molar-refractivity contribution in [3.05, 3.63) is 129 Å². The zero-order valence-corrected chi connectivity index (χ0v) is 23.7. The standard InChI is InChI=1S/C33H36ClN3O3/c1-22-30(23(2)38)31(26-14-9-15-27(34)20-26)32(29(37-22)21-40-19-17-35)33(39)36-18-16-28(24-10-5-3-6-11-24)25-12-7-4-8-13-25/h3-15,20,28,31,37H,16-19,21,35H2,1-2H3,(H,36,39). The largest absolute Gasteiger partial charge is 0.374 e. The lowest BCUT2D eigenvalue weighted by molar-refractivity contribution is -0.117. The number of carbonyl (C=O) groups excluding carboxylic acids is 2. The summed E-state index contributed by atoms with van der Waals surface area (Å²) in [6.45, 7) is 4.68. The van der Waals surface area contributed by atoms with Crippen molar-refractivity contribution in [3.63, 3.8) is 0 Å². The van der Waals surface area contributed by atoms with E-state index in [1.54, 1.807) is 12.1 Å². The number of carbonyl (C=O) groups is 2. The molecule has 3 aromatic carbocycles. The third-order valence-corrected chi connectivity index (χ3v) is 7.32. The van der Waals surface area contributed by atoms with Gasteiger partial charge in [-0.25, -0.2) is 0 Å². The summed E-state index contributed by atoms with van der Waals surface area (Å²) in [6, 6.07) is 27.9. The number of ether oxygens (including phenoxy) is 1. The number of allylic oxidation sites excluding steroid dienone is 2. The molecule has 0 bridgehead atoms. The van der Waals surface area contributed by atoms with Crippen LogP contribution in [0.5, 0.6) is 0 Å². The van der Waals surface area contributed by atoms with E-state index < -0.39 is 5.92 Å². The Hall–Kier alpha value is -3.71. The Morgan fingerprint density at radius 1 is 0.975 bits per heavy atom. The molecule has 1 amide bonds. The normalized spacial score (nSPS) is 15.3. The molecule has 0 aliphatic carbocycles. The highest BCUT2D eigenvalue weighted by molar-refractivity contribution is 6.30. The molecule has 1 heterocycles. The molecule has 7 heteroatoms. The van der Waals surface area contributed by atoms with E-state index in [4.69, 9.17) is 22.1 Å². The van der Waals surface area contributed by atoms with E-state index in [1.807, 2.05) is 55.5 Å². The van der Waals surface area contributed by atoms with E-state index in [9.17, 15) is 9.59 Å². The van der Waals surface area contributed by atoms with Crippen LogP contribution in [0, 0.1) is 0 Å². The first-order chi connectivity index (χ1) is 19.4. The maximum Gasteiger partial charge on any atom is 0.250 e. The summed E-state index contributed by atoms with van der Waals surface area (Å²) in [7, 11) is 0. The molecule has 1 aliphatic rings. The van der Waals surface area contributed by atoms with Crippen LogP contribution in [0.4, 0.5) is 0 Å². The number of hydrogen-bond acceptors (Lipinski definition) is 5. The number of hydrogen-bond donors (Lipinski definition) is 3. The number of halogens is 1. The summed E-state index contributed by atoms with van der Waals surface area (Å²) in [6.07, 6.45) is 0.704. The Kier molecular flexibility index (Phi) is 10.3. The fourth-order valence-electron chi connectivity index (χ4n) is 5.34. The van der Waals surface area contributed by atoms with Gasteiger partial charge in [0, 0.05) is 41.2 Å². The van der Waals surface area contributed by atoms with E-state index in [0.717, 1.165) is 5.56 Å². The first-order valence-corrected chi connectivity index (χ1v) is 13.9. The fraction of sp³-hybridized carbons (Fsp3) is 0.273. The lowest BCUT2D eigenvalue weighted by Gasteiger charge is -2.32. The number of Topliss-reactive ketones (excluding diaryl/α,β-unsaturated/α-hetero) is 1. The summed E-state index contributed by atoms with van der Waals surface area (Å²) in [5.74, 6) is -0.842. The van der Waals surface area contributed by atoms with E-state index >= 15 is 0 Å². The molecule has 4 rings (SSSR count). The molecule has 0 aromatic heterocycles. The van der Waals surface area contributed by atoms with Gasteiger partial charge in [-0.3, -0.25) is 9.59 Å². The molecule has 0 radical (unpaired) electrons. The van der Waals surface area contributed by atoms with E-state index in [-0.39, 0.29) is 24.2 Å². The smallest absolute Gasteiger partial charge is 0.250 e. The molecular formula is C33H36ClN3O3. The second-order valence-electron chi connectivity index (χ2n) is 9.86. The first-order valence-electron chi connectivity index (χ1n) is 13.5. The number of nitrogens with two attached hydrogens (primary N) is 1. The van der Waals surface area contributed by atoms with Gasteiger partial charge in [-0.15, -0.1) is 0 Å². The number of rotatable bonds is 12. The second kappa shape index (κ2) is 14.1. The summed E-state index contributed by atoms with van der Waals surface area (Å²) in [5.41, 5.74) is 11.1. The summed E-state index contributed by atoms with van der Waals surface area (Å²) >= 11 is 6.36. The van der Waals surface area contributed by atoms with Gasteiger partial charge in [-0.1, -0.05) is 84.4 Å². The molecular weight excluding hydrogens is 522 g/mol. The van der Waals surface area contributed by atoms with E-state index in [1.165, 1.54) is 18.1 Å². The van der Waals surface area contributed by atoms with Crippen molar-refractivity contribution in [2.75, 3.05) is 26.3 Å². The van der Waals surface area contributed by atoms with Crippen molar-refractivity contribution in [1.29, 1.82) is 0 Å². The highest BCUT2D eigenvalue weighted by Crippen LogP contribution is 2.39. The van der Waals surface area contributed by atoms with Crippen molar-refractivity contribution in [3.8, 4) is 0 Å². The van der Waals surface area contributed by atoms with Gasteiger partial charge < -0.3 is 21.1 Å². The molecule has 4 N–H and O–H groups in total. The lowest BCUT2D eigenvalue weighted by Crippen LogP contribution is -2.38. The fourth-order valence-corrected chi connectivity index (χ4v) is 5.54. The first kappa shape index (κ1) is 29.3. The zero-order valence-electron chi connectivity index (χ0n) is 23.0. The molecule has 0 saturated heterocycles. The number of dihydropyridines is 1. The Labute approximate surface area is 241 Å². The number of ketones is 1. The number of nitrogens with one attached hydrogen (secondary N) is 2. The van der Waals surface area contributed by atoms with Crippen LogP contribution in [0.15, 0.2) is 107 Å². The van der Waals surface area contributed by atoms with Crippen LogP contribution in [0.1, 0.15) is 48.8 Å². The van der Waals surface area contributed by atoms with Gasteiger partial charge in [0.25, 0.3) is 0 Å². The molecule has 0 spiro atoms. The summed E-state index contributed by atoms with van der Waals surface area (Å²) in [4.78, 5) is 26.9. The summed E-state index contributed by atoms with van der Waals surface area (Å²) < 4.78 is 5.75. The highest BCUT2D eigenvalue weighted by Gasteiger charge is 2.36. The van der Waals surface area contributed by atoms with Crippen LogP contribution >= 0.6 is 11.6 Å². The maximum absolute atomic E-state index is 14.0. The van der Waals surface area contributed by atoms with Crippen LogP contribution in [0.25, 0.3) is 0 Å². The zero-order chi connectivity index (χ0) is 28.5. The maximum atomic E-state index is 14.0. The number of amides is 1. The molecule has 1 unspecified atom stereocenters. The van der Waals surface area contributed by atoms with Crippen LogP contribution in [0.3, 0.4) is 0 Å². The minimum absolute atomic E-state index is 0.115. The highest BCUT2D eigenvalue weighted by atomic mass is 35.5. The molecule has 0 fully saturated rings. The number of benzene rings is 3. The van der Waals surface area contributed by atoms with Gasteiger partial charge in [-0.05, 0) is 49.1 Å². The van der Waals surface area contributed by atoms with Gasteiger partial charge in [0.05, 0.1) is 24.5 Å². The third-order valence-electron chi connectivity index (χ3n) is 7.08. The minimum Gasteiger partial charge on any atom is -0.374 e. The molecule has 3 aromatic rings. The van der Waals surface area contributed by atoms with Gasteiger partial charge in [0.1, 0.15) is 0 Å². The molecule has 6 nitrogen and oxygen atoms in total. The van der Waals surface area contributed by atoms with Crippen LogP contribution in [-0.2, 0) is 14.3 Å². The second-order valence-corrected chi connectivity index (χ2v) is 10.3. The summed E-state index contributed by atoms with van der Waals surface area (Å²) in [5, 5.41) is 6.96. The molecule has 0 saturated carbocycles. The molecule has 1 aliphatic heterocycles. The van der Waals surface area contributed by atoms with Crippen LogP contribution in [-0.4, -0.2) is 38.0 Å². The Morgan fingerprint density at radius 3 is 2.20 bits per heavy atom. The SMILES string of the molecule is CC(=O)C1=C(C)NC(COCCN)=C(C(=O)NCCC(c2ccccc2)c2ccccc2)C1c1cccc(Cl)c1. The predicted molar refractivity (Wildman–Crippen MR) is 160 cm³/mol. The van der Waals surface area contributed by atoms with Crippen molar-refractivity contribution in [1.82, 2.24) is 10.6 Å². The Morgan fingerprint density at radius 2 is 1.62 bits per heavy atom. The lowest BCUT2D eigenvalue weighted by atomic mass is 9.78. The van der Waals surface area contributed by atoms with Crippen LogP contribution in [0.2, 0.25) is 5.02 Å². The molecule has 40 heavy (non-hydrogen) atoms. The van der Waals surface area contributed by atoms with E-state index in [0.29, 0.717) is 53.7 Å². The van der Waals surface area contributed by atoms with Crippen LogP contribution < -0.4 is 16.4 Å². The predicted octanol–water partition coefficient (Wildman–Crippen LogP) is 5.46. The minimum atomic E-state index is -0.590. The Balaban J connectivity index is 1.65. The molecule has 1 atom stereocenters.